The second kappa shape index (κ2) is 13.7. The van der Waals surface area contributed by atoms with Crippen LogP contribution < -0.4 is 26.7 Å². The largest absolute Gasteiger partial charge is 0.477 e. The van der Waals surface area contributed by atoms with Crippen molar-refractivity contribution in [3.63, 3.8) is 0 Å². The summed E-state index contributed by atoms with van der Waals surface area (Å²) in [5, 5.41) is 16.1. The van der Waals surface area contributed by atoms with E-state index in [1.807, 2.05) is 4.90 Å². The highest BCUT2D eigenvalue weighted by Gasteiger charge is 2.35. The molecular formula is C32H36F3N9O4S. The maximum Gasteiger partial charge on any atom is 0.434 e. The number of amides is 2. The molecule has 0 saturated carbocycles. The molecule has 0 aromatic carbocycles. The Bertz CT molecular complexity index is 1960. The van der Waals surface area contributed by atoms with E-state index in [4.69, 9.17) is 10.7 Å². The summed E-state index contributed by atoms with van der Waals surface area (Å²) in [5.41, 5.74) is 5.15. The molecule has 0 radical (unpaired) electrons. The van der Waals surface area contributed by atoms with E-state index >= 15 is 0 Å². The summed E-state index contributed by atoms with van der Waals surface area (Å²) in [6.07, 6.45) is 0.564. The van der Waals surface area contributed by atoms with Crippen LogP contribution in [0.15, 0.2) is 34.7 Å². The Hall–Kier alpha value is -4.61. The molecule has 2 aliphatic rings. The van der Waals surface area contributed by atoms with Crippen LogP contribution in [0, 0.1) is 0 Å². The molecule has 5 N–H and O–H groups in total. The van der Waals surface area contributed by atoms with Crippen molar-refractivity contribution in [1.82, 2.24) is 29.7 Å². The zero-order chi connectivity index (χ0) is 35.0. The number of aromatic nitrogens is 4. The molecule has 2 fully saturated rings. The number of anilines is 2. The minimum Gasteiger partial charge on any atom is -0.477 e. The number of thiazole rings is 1. The van der Waals surface area contributed by atoms with Crippen molar-refractivity contribution in [1.29, 1.82) is 0 Å². The summed E-state index contributed by atoms with van der Waals surface area (Å²) in [7, 11) is 0. The van der Waals surface area contributed by atoms with Crippen LogP contribution in [0.2, 0.25) is 0 Å². The van der Waals surface area contributed by atoms with Crippen LogP contribution in [-0.4, -0.2) is 86.3 Å². The zero-order valence-electron chi connectivity index (χ0n) is 26.9. The maximum atomic E-state index is 13.8. The molecule has 0 spiro atoms. The first-order valence-corrected chi connectivity index (χ1v) is 16.9. The topological polar surface area (TPSA) is 172 Å². The molecule has 4 aromatic rings. The number of alkyl halides is 3. The number of hydrogen-bond acceptors (Lipinski definition) is 10. The van der Waals surface area contributed by atoms with Crippen molar-refractivity contribution in [2.45, 2.75) is 57.9 Å². The van der Waals surface area contributed by atoms with Crippen molar-refractivity contribution < 1.29 is 27.9 Å². The molecule has 0 bridgehead atoms. The lowest BCUT2D eigenvalue weighted by Crippen LogP contribution is -2.34. The Morgan fingerprint density at radius 1 is 1.12 bits per heavy atom. The van der Waals surface area contributed by atoms with Crippen LogP contribution in [0.3, 0.4) is 0 Å². The highest BCUT2D eigenvalue weighted by Crippen LogP contribution is 2.42. The fourth-order valence-corrected chi connectivity index (χ4v) is 7.38. The van der Waals surface area contributed by atoms with Gasteiger partial charge in [0.2, 0.25) is 5.43 Å². The predicted octanol–water partition coefficient (Wildman–Crippen LogP) is 4.46. The van der Waals surface area contributed by atoms with Gasteiger partial charge in [-0.3, -0.25) is 15.0 Å². The molecule has 13 nitrogen and oxygen atoms in total. The van der Waals surface area contributed by atoms with Crippen molar-refractivity contribution in [2.75, 3.05) is 42.9 Å². The number of likely N-dealkylation sites (N-methyl/N-ethyl adjacent to an activating group) is 1. The molecule has 6 rings (SSSR count). The van der Waals surface area contributed by atoms with Gasteiger partial charge in [-0.05, 0) is 51.4 Å². The number of carboxylic acid groups (broad SMARTS) is 1. The van der Waals surface area contributed by atoms with Gasteiger partial charge in [0, 0.05) is 72.7 Å². The zero-order valence-corrected chi connectivity index (χ0v) is 27.7. The molecule has 2 aliphatic heterocycles. The third-order valence-electron chi connectivity index (χ3n) is 8.89. The van der Waals surface area contributed by atoms with Crippen molar-refractivity contribution in [3.05, 3.63) is 51.4 Å². The van der Waals surface area contributed by atoms with Crippen molar-refractivity contribution >= 4 is 46.0 Å². The molecule has 6 heterocycles. The van der Waals surface area contributed by atoms with E-state index in [-0.39, 0.29) is 45.1 Å². The number of halogens is 3. The smallest absolute Gasteiger partial charge is 0.434 e. The average molecular weight is 700 g/mol. The third-order valence-corrected chi connectivity index (χ3v) is 9.77. The van der Waals surface area contributed by atoms with Crippen LogP contribution in [0.1, 0.15) is 49.2 Å². The second-order valence-electron chi connectivity index (χ2n) is 12.1. The van der Waals surface area contributed by atoms with E-state index in [1.165, 1.54) is 24.5 Å². The molecule has 2 atom stereocenters. The molecule has 2 unspecified atom stereocenters. The van der Waals surface area contributed by atoms with Crippen LogP contribution in [0.4, 0.5) is 29.6 Å². The van der Waals surface area contributed by atoms with Crippen molar-refractivity contribution in [2.24, 2.45) is 5.73 Å². The van der Waals surface area contributed by atoms with Gasteiger partial charge >= 0.3 is 18.2 Å². The fourth-order valence-electron chi connectivity index (χ4n) is 6.52. The normalized spacial score (nSPS) is 18.4. The lowest BCUT2D eigenvalue weighted by Gasteiger charge is -2.26. The number of carbonyl (C=O) groups excluding carboxylic acids is 1. The van der Waals surface area contributed by atoms with E-state index in [1.54, 1.807) is 11.5 Å². The number of carbonyl (C=O) groups is 2. The SMILES string of the molecule is CCNC(=O)Nc1cc(-c2nc(C(F)(F)F)cs2)c(-c2cc3c(=O)c(C(=O)O)cn(CC4CCCN4CC)c3nc2N2CCC(N)C2)cn1. The Morgan fingerprint density at radius 2 is 1.92 bits per heavy atom. The maximum absolute atomic E-state index is 13.8. The highest BCUT2D eigenvalue weighted by atomic mass is 32.1. The Morgan fingerprint density at radius 3 is 2.57 bits per heavy atom. The first-order chi connectivity index (χ1) is 23.4. The van der Waals surface area contributed by atoms with Crippen LogP contribution >= 0.6 is 11.3 Å². The number of aromatic carboxylic acids is 1. The number of nitrogens with one attached hydrogen (secondary N) is 2. The molecule has 260 valence electrons. The molecule has 49 heavy (non-hydrogen) atoms. The van der Waals surface area contributed by atoms with Gasteiger partial charge in [-0.2, -0.15) is 13.2 Å². The summed E-state index contributed by atoms with van der Waals surface area (Å²) in [5.74, 6) is -0.920. The number of rotatable bonds is 9. The second-order valence-corrected chi connectivity index (χ2v) is 13.0. The van der Waals surface area contributed by atoms with Gasteiger partial charge in [-0.25, -0.2) is 24.5 Å². The Balaban J connectivity index is 1.61. The monoisotopic (exact) mass is 699 g/mol. The molecule has 2 saturated heterocycles. The van der Waals surface area contributed by atoms with Gasteiger partial charge in [-0.1, -0.05) is 6.92 Å². The number of pyridine rings is 3. The van der Waals surface area contributed by atoms with Crippen LogP contribution in [0.5, 0.6) is 0 Å². The van der Waals surface area contributed by atoms with Gasteiger partial charge < -0.3 is 25.6 Å². The average Bonchev–Trinajstić information content (AvgIpc) is 3.83. The van der Waals surface area contributed by atoms with Gasteiger partial charge in [0.15, 0.2) is 5.69 Å². The Kier molecular flexibility index (Phi) is 9.59. The van der Waals surface area contributed by atoms with E-state index < -0.39 is 34.9 Å². The number of urea groups is 1. The summed E-state index contributed by atoms with van der Waals surface area (Å²) >= 11 is 0.761. The van der Waals surface area contributed by atoms with Crippen LogP contribution in [0.25, 0.3) is 32.7 Å². The van der Waals surface area contributed by atoms with E-state index in [9.17, 15) is 32.7 Å². The quantitative estimate of drug-likeness (QED) is 0.196. The molecule has 2 amide bonds. The number of hydrogen-bond donors (Lipinski definition) is 4. The molecule has 17 heteroatoms. The molecule has 0 aliphatic carbocycles. The summed E-state index contributed by atoms with van der Waals surface area (Å²) in [6.45, 7) is 7.19. The lowest BCUT2D eigenvalue weighted by molar-refractivity contribution is -0.140. The van der Waals surface area contributed by atoms with E-state index in [0.717, 1.165) is 42.6 Å². The standard InChI is InChI=1S/C32H36F3N9O4S/c1-3-37-31(48)40-25-11-20(29-39-24(16-49-29)32(33,34)35)22(12-38-25)19-10-21-26(45)23(30(46)47)15-44(14-18-6-5-8-42(18)4-2)28(21)41-27(19)43-9-7-17(36)13-43/h10-12,15-18H,3-9,13-14,36H2,1-2H3,(H,46,47)(H2,37,38,40,48). The van der Waals surface area contributed by atoms with Gasteiger partial charge in [-0.15, -0.1) is 11.3 Å². The Labute approximate surface area is 283 Å². The number of likely N-dealkylation sites (tertiary alicyclic amines) is 1. The predicted molar refractivity (Wildman–Crippen MR) is 180 cm³/mol. The first kappa shape index (κ1) is 34.3. The summed E-state index contributed by atoms with van der Waals surface area (Å²) < 4.78 is 42.8. The minimum atomic E-state index is -4.70. The number of fused-ring (bicyclic) bond motifs is 1. The van der Waals surface area contributed by atoms with Crippen LogP contribution in [-0.2, 0) is 12.7 Å². The van der Waals surface area contributed by atoms with Crippen molar-refractivity contribution in [3.8, 4) is 21.7 Å². The summed E-state index contributed by atoms with van der Waals surface area (Å²) in [4.78, 5) is 55.9. The number of carboxylic acids is 1. The molecule has 4 aromatic heterocycles. The first-order valence-electron chi connectivity index (χ1n) is 16.0. The van der Waals surface area contributed by atoms with E-state index in [0.29, 0.717) is 44.0 Å². The fraction of sp³-hybridized carbons (Fsp3) is 0.438. The number of nitrogens with zero attached hydrogens (tertiary/aromatic N) is 6. The van der Waals surface area contributed by atoms with Gasteiger partial charge in [0.05, 0.1) is 5.39 Å². The van der Waals surface area contributed by atoms with E-state index in [2.05, 4.69) is 32.4 Å². The van der Waals surface area contributed by atoms with Gasteiger partial charge in [0.25, 0.3) is 0 Å². The minimum absolute atomic E-state index is 0.00886. The molecular weight excluding hydrogens is 663 g/mol. The number of nitrogens with two attached hydrogens (primary N) is 1. The lowest BCUT2D eigenvalue weighted by atomic mass is 10.00. The summed E-state index contributed by atoms with van der Waals surface area (Å²) in [6, 6.07) is 2.32. The third kappa shape index (κ3) is 6.95. The highest BCUT2D eigenvalue weighted by molar-refractivity contribution is 7.13. The van der Waals surface area contributed by atoms with Gasteiger partial charge in [0.1, 0.15) is 27.9 Å².